The van der Waals surface area contributed by atoms with Crippen molar-refractivity contribution in [1.82, 2.24) is 0 Å². The molecule has 0 aromatic heterocycles. The smallest absolute Gasteiger partial charge is 0.416 e. The molecule has 0 saturated heterocycles. The summed E-state index contributed by atoms with van der Waals surface area (Å²) in [7, 11) is -9.31. The monoisotopic (exact) mass is 898 g/mol. The molecular formula is C53H40O10P2. The SMILES string of the molecule is O=C(c1ccccc1)c1ccc(OP(=O)(CP(=O)(Oc2ccc(C(=O)c3ccccc3)cc2)Oc2ccc(C(O)c3ccccc3)cc2)Oc2ccc(C(=O)c3ccccc3)cc2)cc1. The third-order valence-corrected chi connectivity index (χ3v) is 14.8. The molecule has 10 nitrogen and oxygen atoms in total. The van der Waals surface area contributed by atoms with E-state index in [1.54, 1.807) is 115 Å². The van der Waals surface area contributed by atoms with E-state index in [1.165, 1.54) is 84.9 Å². The number of carbonyl (C=O) groups is 3. The Morgan fingerprint density at radius 2 is 0.569 bits per heavy atom. The first-order valence-corrected chi connectivity index (χ1v) is 23.9. The van der Waals surface area contributed by atoms with Crippen LogP contribution in [-0.4, -0.2) is 28.4 Å². The first-order chi connectivity index (χ1) is 31.5. The number of aliphatic hydroxyl groups is 1. The van der Waals surface area contributed by atoms with Gasteiger partial charge in [0.15, 0.2) is 23.3 Å². The molecule has 2 atom stereocenters. The second-order valence-corrected chi connectivity index (χ2v) is 19.1. The van der Waals surface area contributed by atoms with E-state index in [-0.39, 0.29) is 40.3 Å². The number of rotatable bonds is 18. The largest absolute Gasteiger partial charge is 0.445 e. The van der Waals surface area contributed by atoms with E-state index < -0.39 is 27.2 Å². The Balaban J connectivity index is 1.12. The third kappa shape index (κ3) is 11.1. The summed E-state index contributed by atoms with van der Waals surface area (Å²) in [5.41, 5.74) is 3.62. The topological polar surface area (TPSA) is 143 Å². The van der Waals surface area contributed by atoms with Crippen molar-refractivity contribution in [3.05, 3.63) is 263 Å². The summed E-state index contributed by atoms with van der Waals surface area (Å²) in [5.74, 6) is -1.58. The van der Waals surface area contributed by atoms with Crippen molar-refractivity contribution in [3.8, 4) is 23.0 Å². The number of benzene rings is 8. The third-order valence-electron chi connectivity index (χ3n) is 10.1. The Hall–Kier alpha value is -7.61. The fraction of sp³-hybridized carbons (Fsp3) is 0.0377. The highest BCUT2D eigenvalue weighted by molar-refractivity contribution is 7.72. The normalized spacial score (nSPS) is 12.5. The van der Waals surface area contributed by atoms with Gasteiger partial charge in [-0.15, -0.1) is 0 Å². The average Bonchev–Trinajstić information content (AvgIpc) is 3.35. The highest BCUT2D eigenvalue weighted by atomic mass is 31.2. The fourth-order valence-electron chi connectivity index (χ4n) is 6.82. The summed E-state index contributed by atoms with van der Waals surface area (Å²) >= 11 is 0. The standard InChI is InChI=1S/C53H40O10P2/c54-50(38-13-5-1-6-14-38)42-21-29-46(30-22-42)60-64(58,61-47-31-23-43(24-32-47)51(55)39-15-7-2-8-16-39)37-65(59,62-48-33-25-44(26-34-48)52(56)40-17-9-3-10-18-40)63-49-35-27-45(28-36-49)53(57)41-19-11-4-12-20-41/h1-36,50,54H,37H2. The Morgan fingerprint density at radius 3 is 0.862 bits per heavy atom. The molecule has 0 amide bonds. The van der Waals surface area contributed by atoms with Crippen LogP contribution in [0.15, 0.2) is 218 Å². The molecule has 0 aliphatic rings. The molecule has 0 aliphatic heterocycles. The number of ketones is 3. The van der Waals surface area contributed by atoms with E-state index in [0.29, 0.717) is 44.5 Å². The zero-order chi connectivity index (χ0) is 45.2. The molecular weight excluding hydrogens is 859 g/mol. The van der Waals surface area contributed by atoms with Crippen LogP contribution in [0.5, 0.6) is 23.0 Å². The van der Waals surface area contributed by atoms with Crippen molar-refractivity contribution >= 4 is 32.5 Å². The van der Waals surface area contributed by atoms with E-state index in [9.17, 15) is 19.5 Å². The molecule has 65 heavy (non-hydrogen) atoms. The van der Waals surface area contributed by atoms with Gasteiger partial charge in [0.05, 0.1) is 0 Å². The Labute approximate surface area is 375 Å². The number of hydrogen-bond acceptors (Lipinski definition) is 10. The lowest BCUT2D eigenvalue weighted by molar-refractivity contribution is 0.103. The average molecular weight is 899 g/mol. The number of hydrogen-bond donors (Lipinski definition) is 1. The van der Waals surface area contributed by atoms with Crippen molar-refractivity contribution < 1.29 is 46.7 Å². The zero-order valence-electron chi connectivity index (χ0n) is 34.6. The van der Waals surface area contributed by atoms with Crippen molar-refractivity contribution in [2.75, 3.05) is 5.90 Å². The summed E-state index contributed by atoms with van der Waals surface area (Å²) in [5, 5.41) is 11.0. The van der Waals surface area contributed by atoms with Gasteiger partial charge in [-0.3, -0.25) is 14.4 Å². The lowest BCUT2D eigenvalue weighted by atomic mass is 10.0. The maximum atomic E-state index is 15.2. The first-order valence-electron chi connectivity index (χ1n) is 20.4. The Bertz CT molecular complexity index is 2880. The summed E-state index contributed by atoms with van der Waals surface area (Å²) in [6, 6.07) is 59.1. The minimum absolute atomic E-state index is 0.0170. The van der Waals surface area contributed by atoms with Gasteiger partial charge in [0.25, 0.3) is 0 Å². The van der Waals surface area contributed by atoms with Crippen LogP contribution in [0.2, 0.25) is 0 Å². The van der Waals surface area contributed by atoms with Crippen LogP contribution in [0.25, 0.3) is 0 Å². The van der Waals surface area contributed by atoms with E-state index >= 15 is 9.13 Å². The molecule has 2 unspecified atom stereocenters. The maximum Gasteiger partial charge on any atom is 0.445 e. The van der Waals surface area contributed by atoms with Gasteiger partial charge >= 0.3 is 15.2 Å². The van der Waals surface area contributed by atoms with E-state index in [4.69, 9.17) is 18.1 Å². The Morgan fingerprint density at radius 1 is 0.338 bits per heavy atom. The van der Waals surface area contributed by atoms with Gasteiger partial charge < -0.3 is 23.2 Å². The number of aliphatic hydroxyl groups excluding tert-OH is 1. The van der Waals surface area contributed by atoms with Crippen LogP contribution in [0.1, 0.15) is 65.0 Å². The minimum atomic E-state index is -4.66. The van der Waals surface area contributed by atoms with Crippen molar-refractivity contribution in [3.63, 3.8) is 0 Å². The second-order valence-electron chi connectivity index (χ2n) is 14.8. The molecule has 0 fully saturated rings. The summed E-state index contributed by atoms with van der Waals surface area (Å²) in [6.07, 6.45) is -0.962. The highest BCUT2D eigenvalue weighted by Crippen LogP contribution is 2.63. The molecule has 0 spiro atoms. The fourth-order valence-corrected chi connectivity index (χ4v) is 11.3. The van der Waals surface area contributed by atoms with Crippen LogP contribution in [0.3, 0.4) is 0 Å². The van der Waals surface area contributed by atoms with Gasteiger partial charge in [0, 0.05) is 33.4 Å². The van der Waals surface area contributed by atoms with Crippen LogP contribution >= 0.6 is 15.2 Å². The summed E-state index contributed by atoms with van der Waals surface area (Å²) in [6.45, 7) is 0. The predicted octanol–water partition coefficient (Wildman–Crippen LogP) is 12.4. The molecule has 0 radical (unpaired) electrons. The van der Waals surface area contributed by atoms with Gasteiger partial charge in [-0.25, -0.2) is 9.13 Å². The highest BCUT2D eigenvalue weighted by Gasteiger charge is 2.44. The van der Waals surface area contributed by atoms with Crippen LogP contribution in [-0.2, 0) is 9.13 Å². The summed E-state index contributed by atoms with van der Waals surface area (Å²) < 4.78 is 54.9. The molecule has 0 saturated carbocycles. The van der Waals surface area contributed by atoms with Crippen LogP contribution < -0.4 is 18.1 Å². The molecule has 1 N–H and O–H groups in total. The molecule has 0 aliphatic carbocycles. The lowest BCUT2D eigenvalue weighted by Crippen LogP contribution is -2.12. The molecule has 8 aromatic rings. The van der Waals surface area contributed by atoms with Gasteiger partial charge in [0.1, 0.15) is 29.1 Å². The molecule has 12 heteroatoms. The van der Waals surface area contributed by atoms with Gasteiger partial charge in [-0.2, -0.15) is 0 Å². The maximum absolute atomic E-state index is 15.2. The van der Waals surface area contributed by atoms with E-state index in [2.05, 4.69) is 0 Å². The first kappa shape index (κ1) is 44.0. The van der Waals surface area contributed by atoms with Gasteiger partial charge in [-0.1, -0.05) is 133 Å². The van der Waals surface area contributed by atoms with Crippen molar-refractivity contribution in [2.24, 2.45) is 0 Å². The lowest BCUT2D eigenvalue weighted by Gasteiger charge is -2.25. The van der Waals surface area contributed by atoms with E-state index in [0.717, 1.165) is 0 Å². The molecule has 8 aromatic carbocycles. The van der Waals surface area contributed by atoms with Gasteiger partial charge in [-0.05, 0) is 96.1 Å². The van der Waals surface area contributed by atoms with Crippen molar-refractivity contribution in [2.45, 2.75) is 6.10 Å². The quantitative estimate of drug-likeness (QED) is 0.0653. The predicted molar refractivity (Wildman–Crippen MR) is 248 cm³/mol. The minimum Gasteiger partial charge on any atom is -0.416 e. The molecule has 322 valence electrons. The van der Waals surface area contributed by atoms with Gasteiger partial charge in [0.2, 0.25) is 0 Å². The molecule has 0 heterocycles. The second kappa shape index (κ2) is 19.8. The summed E-state index contributed by atoms with van der Waals surface area (Å²) in [4.78, 5) is 39.6. The molecule has 0 bridgehead atoms. The van der Waals surface area contributed by atoms with Crippen LogP contribution in [0.4, 0.5) is 0 Å². The number of carbonyl (C=O) groups excluding carboxylic acids is 3. The van der Waals surface area contributed by atoms with Crippen LogP contribution in [0, 0.1) is 0 Å². The molecule has 8 rings (SSSR count). The zero-order valence-corrected chi connectivity index (χ0v) is 36.4. The van der Waals surface area contributed by atoms with Crippen molar-refractivity contribution in [1.29, 1.82) is 0 Å². The Kier molecular flexibility index (Phi) is 13.4. The van der Waals surface area contributed by atoms with E-state index in [1.807, 2.05) is 18.2 Å².